The lowest BCUT2D eigenvalue weighted by Gasteiger charge is -2.16. The quantitative estimate of drug-likeness (QED) is 0.794. The van der Waals surface area contributed by atoms with Gasteiger partial charge in [-0.1, -0.05) is 20.8 Å². The number of carbonyl (C=O) groups is 1. The van der Waals surface area contributed by atoms with Crippen molar-refractivity contribution in [1.82, 2.24) is 9.88 Å². The Labute approximate surface area is 120 Å². The van der Waals surface area contributed by atoms with E-state index in [0.717, 1.165) is 28.5 Å². The van der Waals surface area contributed by atoms with Crippen LogP contribution in [0.5, 0.6) is 0 Å². The van der Waals surface area contributed by atoms with Crippen molar-refractivity contribution < 1.29 is 4.79 Å². The summed E-state index contributed by atoms with van der Waals surface area (Å²) >= 11 is 1.59. The number of hydrogen-bond acceptors (Lipinski definition) is 4. The maximum Gasteiger partial charge on any atom is 0.171 e. The topological polar surface area (TPSA) is 33.2 Å². The normalized spacial score (nSPS) is 17.1. The Bertz CT molecular complexity index is 453. The fourth-order valence-electron chi connectivity index (χ4n) is 2.48. The molecule has 1 saturated heterocycles. The van der Waals surface area contributed by atoms with Crippen molar-refractivity contribution in [3.8, 4) is 0 Å². The molecule has 19 heavy (non-hydrogen) atoms. The number of rotatable bonds is 4. The Hall–Kier alpha value is -0.740. The zero-order valence-corrected chi connectivity index (χ0v) is 13.3. The Morgan fingerprint density at radius 3 is 2.42 bits per heavy atom. The molecular formula is C15H24N2OS. The molecule has 106 valence electrons. The summed E-state index contributed by atoms with van der Waals surface area (Å²) in [5.41, 5.74) is 0.921. The Balaban J connectivity index is 2.11. The van der Waals surface area contributed by atoms with Gasteiger partial charge in [0.2, 0.25) is 0 Å². The summed E-state index contributed by atoms with van der Waals surface area (Å²) in [6, 6.07) is 0. The van der Waals surface area contributed by atoms with E-state index in [2.05, 4.69) is 25.7 Å². The molecule has 0 atom stereocenters. The highest BCUT2D eigenvalue weighted by molar-refractivity contribution is 7.13. The lowest BCUT2D eigenvalue weighted by molar-refractivity contribution is 0.101. The predicted octanol–water partition coefficient (Wildman–Crippen LogP) is 3.28. The maximum absolute atomic E-state index is 11.7. The standard InChI is InChI=1S/C15H24N2OS/c1-11(18)13-14(15(2,3)4)16-12(19-13)7-10-17-8-5-6-9-17/h5-10H2,1-4H3. The maximum atomic E-state index is 11.7. The smallest absolute Gasteiger partial charge is 0.171 e. The molecule has 1 fully saturated rings. The van der Waals surface area contributed by atoms with E-state index < -0.39 is 0 Å². The van der Waals surface area contributed by atoms with E-state index in [1.54, 1.807) is 18.3 Å². The zero-order chi connectivity index (χ0) is 14.0. The van der Waals surface area contributed by atoms with Gasteiger partial charge < -0.3 is 4.90 Å². The zero-order valence-electron chi connectivity index (χ0n) is 12.5. The summed E-state index contributed by atoms with van der Waals surface area (Å²) in [4.78, 5) is 19.8. The molecule has 4 heteroatoms. The van der Waals surface area contributed by atoms with E-state index in [-0.39, 0.29) is 11.2 Å². The third-order valence-electron chi connectivity index (χ3n) is 3.54. The number of carbonyl (C=O) groups excluding carboxylic acids is 1. The summed E-state index contributed by atoms with van der Waals surface area (Å²) in [5, 5.41) is 1.11. The fourth-order valence-corrected chi connectivity index (χ4v) is 3.64. The van der Waals surface area contributed by atoms with Crippen LogP contribution in [0.15, 0.2) is 0 Å². The monoisotopic (exact) mass is 280 g/mol. The molecule has 2 heterocycles. The lowest BCUT2D eigenvalue weighted by atomic mass is 9.91. The van der Waals surface area contributed by atoms with Gasteiger partial charge in [-0.25, -0.2) is 4.98 Å². The first kappa shape index (κ1) is 14.7. The average molecular weight is 280 g/mol. The molecular weight excluding hydrogens is 256 g/mol. The van der Waals surface area contributed by atoms with Crippen LogP contribution in [-0.4, -0.2) is 35.3 Å². The molecule has 0 unspecified atom stereocenters. The lowest BCUT2D eigenvalue weighted by Crippen LogP contribution is -2.22. The van der Waals surface area contributed by atoms with Gasteiger partial charge in [0.15, 0.2) is 5.78 Å². The molecule has 1 aliphatic heterocycles. The third-order valence-corrected chi connectivity index (χ3v) is 4.76. The summed E-state index contributed by atoms with van der Waals surface area (Å²) in [6.07, 6.45) is 3.62. The molecule has 0 amide bonds. The van der Waals surface area contributed by atoms with E-state index in [4.69, 9.17) is 4.98 Å². The highest BCUT2D eigenvalue weighted by atomic mass is 32.1. The van der Waals surface area contributed by atoms with Crippen LogP contribution < -0.4 is 0 Å². The molecule has 0 N–H and O–H groups in total. The van der Waals surface area contributed by atoms with Crippen molar-refractivity contribution in [3.63, 3.8) is 0 Å². The molecule has 0 radical (unpaired) electrons. The molecule has 0 saturated carbocycles. The first-order valence-corrected chi connectivity index (χ1v) is 7.93. The molecule has 0 spiro atoms. The van der Waals surface area contributed by atoms with Crippen LogP contribution in [0.25, 0.3) is 0 Å². The average Bonchev–Trinajstić information content (AvgIpc) is 2.94. The predicted molar refractivity (Wildman–Crippen MR) is 80.2 cm³/mol. The number of Topliss-reactive ketones (excluding diaryl/α,β-unsaturated/α-hetero) is 1. The number of likely N-dealkylation sites (tertiary alicyclic amines) is 1. The van der Waals surface area contributed by atoms with E-state index in [0.29, 0.717) is 0 Å². The minimum atomic E-state index is -0.0522. The van der Waals surface area contributed by atoms with Gasteiger partial charge in [-0.05, 0) is 25.9 Å². The molecule has 1 aromatic rings. The van der Waals surface area contributed by atoms with Gasteiger partial charge in [0, 0.05) is 25.3 Å². The van der Waals surface area contributed by atoms with Crippen LogP contribution in [0.2, 0.25) is 0 Å². The van der Waals surface area contributed by atoms with Gasteiger partial charge in [-0.3, -0.25) is 4.79 Å². The minimum Gasteiger partial charge on any atom is -0.303 e. The summed E-state index contributed by atoms with van der Waals surface area (Å²) in [6.45, 7) is 11.5. The van der Waals surface area contributed by atoms with Gasteiger partial charge in [0.25, 0.3) is 0 Å². The van der Waals surface area contributed by atoms with Crippen LogP contribution >= 0.6 is 11.3 Å². The van der Waals surface area contributed by atoms with Crippen LogP contribution in [-0.2, 0) is 11.8 Å². The van der Waals surface area contributed by atoms with E-state index in [1.807, 2.05) is 0 Å². The van der Waals surface area contributed by atoms with Crippen LogP contribution in [0.3, 0.4) is 0 Å². The largest absolute Gasteiger partial charge is 0.303 e. The number of ketones is 1. The summed E-state index contributed by atoms with van der Waals surface area (Å²) in [7, 11) is 0. The van der Waals surface area contributed by atoms with Crippen molar-refractivity contribution in [1.29, 1.82) is 0 Å². The van der Waals surface area contributed by atoms with Gasteiger partial charge in [-0.15, -0.1) is 11.3 Å². The van der Waals surface area contributed by atoms with Crippen molar-refractivity contribution in [2.45, 2.75) is 52.4 Å². The van der Waals surface area contributed by atoms with Gasteiger partial charge >= 0.3 is 0 Å². The highest BCUT2D eigenvalue weighted by Crippen LogP contribution is 2.30. The first-order chi connectivity index (χ1) is 8.88. The fraction of sp³-hybridized carbons (Fsp3) is 0.733. The van der Waals surface area contributed by atoms with Crippen LogP contribution in [0.4, 0.5) is 0 Å². The van der Waals surface area contributed by atoms with Crippen molar-refractivity contribution in [2.75, 3.05) is 19.6 Å². The van der Waals surface area contributed by atoms with E-state index >= 15 is 0 Å². The first-order valence-electron chi connectivity index (χ1n) is 7.11. The molecule has 0 aliphatic carbocycles. The van der Waals surface area contributed by atoms with Gasteiger partial charge in [0.1, 0.15) is 0 Å². The second-order valence-corrected chi connectivity index (χ2v) is 7.47. The number of thiazole rings is 1. The molecule has 2 rings (SSSR count). The molecule has 1 aromatic heterocycles. The van der Waals surface area contributed by atoms with Crippen molar-refractivity contribution in [3.05, 3.63) is 15.6 Å². The SMILES string of the molecule is CC(=O)c1sc(CCN2CCCC2)nc1C(C)(C)C. The number of nitrogens with zero attached hydrogens (tertiary/aromatic N) is 2. The highest BCUT2D eigenvalue weighted by Gasteiger charge is 2.25. The second kappa shape index (κ2) is 5.71. The van der Waals surface area contributed by atoms with Crippen LogP contribution in [0, 0.1) is 0 Å². The van der Waals surface area contributed by atoms with Crippen molar-refractivity contribution >= 4 is 17.1 Å². The number of aromatic nitrogens is 1. The Kier molecular flexibility index (Phi) is 4.41. The van der Waals surface area contributed by atoms with Gasteiger partial charge in [0.05, 0.1) is 15.6 Å². The van der Waals surface area contributed by atoms with Crippen LogP contribution in [0.1, 0.15) is 60.9 Å². The van der Waals surface area contributed by atoms with Crippen molar-refractivity contribution in [2.24, 2.45) is 0 Å². The molecule has 0 bridgehead atoms. The van der Waals surface area contributed by atoms with Gasteiger partial charge in [-0.2, -0.15) is 0 Å². The van der Waals surface area contributed by atoms with E-state index in [1.165, 1.54) is 25.9 Å². The summed E-state index contributed by atoms with van der Waals surface area (Å²) in [5.74, 6) is 0.148. The Morgan fingerprint density at radius 1 is 1.32 bits per heavy atom. The third kappa shape index (κ3) is 3.63. The molecule has 1 aliphatic rings. The summed E-state index contributed by atoms with van der Waals surface area (Å²) < 4.78 is 0. The minimum absolute atomic E-state index is 0.0522. The number of hydrogen-bond donors (Lipinski definition) is 0. The molecule has 3 nitrogen and oxygen atoms in total. The van der Waals surface area contributed by atoms with E-state index in [9.17, 15) is 4.79 Å². The molecule has 0 aromatic carbocycles. The Morgan fingerprint density at radius 2 is 1.95 bits per heavy atom. The second-order valence-electron chi connectivity index (χ2n) is 6.39.